The number of para-hydroxylation sites is 1. The second-order valence-corrected chi connectivity index (χ2v) is 4.36. The standard InChI is InChI=1S/C16H19NO2/c1-12-13(7-5-8-15(12)17)14-6-3-4-9-16(14)19-11-10-18-2/h3-9H,10-11,17H2,1-2H3. The first kappa shape index (κ1) is 13.4. The first-order chi connectivity index (χ1) is 9.24. The van der Waals surface area contributed by atoms with Gasteiger partial charge < -0.3 is 15.2 Å². The molecule has 0 aliphatic carbocycles. The molecule has 2 N–H and O–H groups in total. The van der Waals surface area contributed by atoms with E-state index in [1.54, 1.807) is 7.11 Å². The number of rotatable bonds is 5. The Morgan fingerprint density at radius 3 is 2.47 bits per heavy atom. The highest BCUT2D eigenvalue weighted by Crippen LogP contribution is 2.33. The van der Waals surface area contributed by atoms with Crippen molar-refractivity contribution in [1.82, 2.24) is 0 Å². The molecule has 2 rings (SSSR count). The molecule has 0 saturated carbocycles. The monoisotopic (exact) mass is 257 g/mol. The lowest BCUT2D eigenvalue weighted by Gasteiger charge is -2.14. The van der Waals surface area contributed by atoms with Crippen LogP contribution in [0.1, 0.15) is 5.56 Å². The van der Waals surface area contributed by atoms with Gasteiger partial charge in [0.05, 0.1) is 6.61 Å². The molecule has 0 bridgehead atoms. The van der Waals surface area contributed by atoms with Crippen LogP contribution in [0.25, 0.3) is 11.1 Å². The highest BCUT2D eigenvalue weighted by molar-refractivity contribution is 5.77. The maximum atomic E-state index is 5.97. The van der Waals surface area contributed by atoms with Crippen LogP contribution in [0.15, 0.2) is 42.5 Å². The van der Waals surface area contributed by atoms with Crippen molar-refractivity contribution >= 4 is 5.69 Å². The second-order valence-electron chi connectivity index (χ2n) is 4.36. The van der Waals surface area contributed by atoms with Gasteiger partial charge >= 0.3 is 0 Å². The van der Waals surface area contributed by atoms with Gasteiger partial charge in [-0.1, -0.05) is 30.3 Å². The molecule has 0 amide bonds. The Morgan fingerprint density at radius 2 is 1.68 bits per heavy atom. The number of anilines is 1. The molecule has 100 valence electrons. The molecule has 0 unspecified atom stereocenters. The van der Waals surface area contributed by atoms with E-state index >= 15 is 0 Å². The van der Waals surface area contributed by atoms with E-state index in [0.717, 1.165) is 28.1 Å². The summed E-state index contributed by atoms with van der Waals surface area (Å²) in [6.45, 7) is 3.13. The minimum absolute atomic E-state index is 0.537. The number of ether oxygens (including phenoxy) is 2. The van der Waals surface area contributed by atoms with Crippen LogP contribution in [-0.2, 0) is 4.74 Å². The van der Waals surface area contributed by atoms with Gasteiger partial charge in [-0.05, 0) is 30.2 Å². The Morgan fingerprint density at radius 1 is 0.947 bits per heavy atom. The van der Waals surface area contributed by atoms with Gasteiger partial charge in [-0.15, -0.1) is 0 Å². The smallest absolute Gasteiger partial charge is 0.127 e. The van der Waals surface area contributed by atoms with E-state index in [9.17, 15) is 0 Å². The van der Waals surface area contributed by atoms with Crippen molar-refractivity contribution in [3.8, 4) is 16.9 Å². The molecule has 3 heteroatoms. The molecule has 19 heavy (non-hydrogen) atoms. The summed E-state index contributed by atoms with van der Waals surface area (Å²) in [6, 6.07) is 13.9. The molecule has 0 aliphatic rings. The third kappa shape index (κ3) is 3.06. The van der Waals surface area contributed by atoms with Gasteiger partial charge in [0, 0.05) is 18.4 Å². The summed E-state index contributed by atoms with van der Waals surface area (Å²) in [5.41, 5.74) is 10.0. The largest absolute Gasteiger partial charge is 0.491 e. The van der Waals surface area contributed by atoms with Crippen molar-refractivity contribution in [2.24, 2.45) is 0 Å². The molecule has 0 aliphatic heterocycles. The van der Waals surface area contributed by atoms with Crippen LogP contribution in [-0.4, -0.2) is 20.3 Å². The number of hydrogen-bond acceptors (Lipinski definition) is 3. The SMILES string of the molecule is COCCOc1ccccc1-c1cccc(N)c1C. The van der Waals surface area contributed by atoms with Gasteiger partial charge in [0.2, 0.25) is 0 Å². The fraction of sp³-hybridized carbons (Fsp3) is 0.250. The molecule has 0 fully saturated rings. The average Bonchev–Trinajstić information content (AvgIpc) is 2.43. The van der Waals surface area contributed by atoms with Crippen LogP contribution < -0.4 is 10.5 Å². The Balaban J connectivity index is 2.36. The first-order valence-electron chi connectivity index (χ1n) is 6.30. The summed E-state index contributed by atoms with van der Waals surface area (Å²) < 4.78 is 10.8. The zero-order valence-electron chi connectivity index (χ0n) is 11.3. The summed E-state index contributed by atoms with van der Waals surface area (Å²) in [7, 11) is 1.66. The van der Waals surface area contributed by atoms with Crippen LogP contribution >= 0.6 is 0 Å². The predicted octanol–water partition coefficient (Wildman–Crippen LogP) is 3.27. The molecule has 0 heterocycles. The number of nitrogens with two attached hydrogens (primary N) is 1. The topological polar surface area (TPSA) is 44.5 Å². The van der Waals surface area contributed by atoms with Gasteiger partial charge in [-0.2, -0.15) is 0 Å². The molecule has 0 atom stereocenters. The fourth-order valence-corrected chi connectivity index (χ4v) is 2.00. The van der Waals surface area contributed by atoms with Crippen molar-refractivity contribution < 1.29 is 9.47 Å². The van der Waals surface area contributed by atoms with Crippen LogP contribution in [0.4, 0.5) is 5.69 Å². The summed E-state index contributed by atoms with van der Waals surface area (Å²) in [4.78, 5) is 0. The lowest BCUT2D eigenvalue weighted by Crippen LogP contribution is -2.05. The number of benzene rings is 2. The molecular weight excluding hydrogens is 238 g/mol. The minimum Gasteiger partial charge on any atom is -0.491 e. The van der Waals surface area contributed by atoms with Crippen molar-refractivity contribution in [3.05, 3.63) is 48.0 Å². The predicted molar refractivity (Wildman–Crippen MR) is 78.4 cm³/mol. The van der Waals surface area contributed by atoms with E-state index in [1.165, 1.54) is 0 Å². The molecule has 0 radical (unpaired) electrons. The molecular formula is C16H19NO2. The third-order valence-corrected chi connectivity index (χ3v) is 3.10. The Kier molecular flexibility index (Phi) is 4.42. The Labute approximate surface area is 114 Å². The lowest BCUT2D eigenvalue weighted by molar-refractivity contribution is 0.146. The first-order valence-corrected chi connectivity index (χ1v) is 6.30. The van der Waals surface area contributed by atoms with Gasteiger partial charge in [-0.25, -0.2) is 0 Å². The number of methoxy groups -OCH3 is 1. The molecule has 3 nitrogen and oxygen atoms in total. The van der Waals surface area contributed by atoms with Gasteiger partial charge in [-0.3, -0.25) is 0 Å². The highest BCUT2D eigenvalue weighted by Gasteiger charge is 2.09. The summed E-state index contributed by atoms with van der Waals surface area (Å²) in [5.74, 6) is 0.855. The van der Waals surface area contributed by atoms with Crippen LogP contribution in [0.3, 0.4) is 0 Å². The van der Waals surface area contributed by atoms with E-state index in [-0.39, 0.29) is 0 Å². The van der Waals surface area contributed by atoms with Crippen LogP contribution in [0, 0.1) is 6.92 Å². The molecule has 0 aromatic heterocycles. The summed E-state index contributed by atoms with van der Waals surface area (Å²) in [6.07, 6.45) is 0. The summed E-state index contributed by atoms with van der Waals surface area (Å²) in [5, 5.41) is 0. The zero-order chi connectivity index (χ0) is 13.7. The average molecular weight is 257 g/mol. The number of hydrogen-bond donors (Lipinski definition) is 1. The fourth-order valence-electron chi connectivity index (χ4n) is 2.00. The zero-order valence-corrected chi connectivity index (χ0v) is 11.3. The van der Waals surface area contributed by atoms with Gasteiger partial charge in [0.1, 0.15) is 12.4 Å². The third-order valence-electron chi connectivity index (χ3n) is 3.10. The van der Waals surface area contributed by atoms with Gasteiger partial charge in [0.25, 0.3) is 0 Å². The normalized spacial score (nSPS) is 10.4. The van der Waals surface area contributed by atoms with Crippen molar-refractivity contribution in [2.45, 2.75) is 6.92 Å². The van der Waals surface area contributed by atoms with Crippen molar-refractivity contribution in [2.75, 3.05) is 26.1 Å². The summed E-state index contributed by atoms with van der Waals surface area (Å²) >= 11 is 0. The minimum atomic E-state index is 0.537. The maximum Gasteiger partial charge on any atom is 0.127 e. The van der Waals surface area contributed by atoms with Crippen LogP contribution in [0.5, 0.6) is 5.75 Å². The van der Waals surface area contributed by atoms with Crippen LogP contribution in [0.2, 0.25) is 0 Å². The lowest BCUT2D eigenvalue weighted by atomic mass is 9.98. The number of nitrogen functional groups attached to an aromatic ring is 1. The quantitative estimate of drug-likeness (QED) is 0.660. The Hall–Kier alpha value is -2.00. The molecule has 0 saturated heterocycles. The Bertz CT molecular complexity index is 552. The molecule has 0 spiro atoms. The second kappa shape index (κ2) is 6.25. The van der Waals surface area contributed by atoms with E-state index in [1.807, 2.05) is 43.3 Å². The van der Waals surface area contributed by atoms with E-state index in [0.29, 0.717) is 13.2 Å². The van der Waals surface area contributed by atoms with E-state index in [2.05, 4.69) is 6.07 Å². The van der Waals surface area contributed by atoms with Crippen molar-refractivity contribution in [1.29, 1.82) is 0 Å². The van der Waals surface area contributed by atoms with E-state index in [4.69, 9.17) is 15.2 Å². The van der Waals surface area contributed by atoms with E-state index < -0.39 is 0 Å². The van der Waals surface area contributed by atoms with Gasteiger partial charge in [0.15, 0.2) is 0 Å². The van der Waals surface area contributed by atoms with Crippen molar-refractivity contribution in [3.63, 3.8) is 0 Å². The molecule has 2 aromatic carbocycles. The molecule has 2 aromatic rings. The highest BCUT2D eigenvalue weighted by atomic mass is 16.5. The maximum absolute atomic E-state index is 5.97.